The first-order chi connectivity index (χ1) is 10.8. The van der Waals surface area contributed by atoms with Crippen LogP contribution >= 0.6 is 11.3 Å². The first-order valence-corrected chi connectivity index (χ1v) is 8.41. The molecule has 2 saturated heterocycles. The molecule has 2 aliphatic rings. The first kappa shape index (κ1) is 15.9. The summed E-state index contributed by atoms with van der Waals surface area (Å²) < 4.78 is 0. The number of aryl methyl sites for hydroxylation is 2. The second kappa shape index (κ2) is 5.59. The Bertz CT molecular complexity index is 676. The van der Waals surface area contributed by atoms with Gasteiger partial charge in [0.1, 0.15) is 4.88 Å². The third-order valence-electron chi connectivity index (χ3n) is 4.78. The molecular formula is C15H19N3O4S. The Hall–Kier alpha value is -1.96. The summed E-state index contributed by atoms with van der Waals surface area (Å²) in [7, 11) is 0. The summed E-state index contributed by atoms with van der Waals surface area (Å²) in [4.78, 5) is 42.3. The zero-order valence-corrected chi connectivity index (χ0v) is 13.9. The van der Waals surface area contributed by atoms with Crippen molar-refractivity contribution in [2.45, 2.75) is 38.6 Å². The fraction of sp³-hybridized carbons (Fsp3) is 0.600. The second-order valence-corrected chi connectivity index (χ2v) is 7.44. The molecular weight excluding hydrogens is 318 g/mol. The number of rotatable bonds is 2. The van der Waals surface area contributed by atoms with Crippen LogP contribution in [0.3, 0.4) is 0 Å². The van der Waals surface area contributed by atoms with E-state index in [1.54, 1.807) is 4.90 Å². The maximum Gasteiger partial charge on any atom is 0.309 e. The highest BCUT2D eigenvalue weighted by Crippen LogP contribution is 2.37. The zero-order chi connectivity index (χ0) is 16.8. The molecule has 0 aromatic carbocycles. The van der Waals surface area contributed by atoms with E-state index in [-0.39, 0.29) is 18.2 Å². The van der Waals surface area contributed by atoms with Crippen LogP contribution in [0.5, 0.6) is 0 Å². The van der Waals surface area contributed by atoms with Crippen molar-refractivity contribution in [1.82, 2.24) is 15.2 Å². The molecule has 2 N–H and O–H groups in total. The first-order valence-electron chi connectivity index (χ1n) is 7.59. The summed E-state index contributed by atoms with van der Waals surface area (Å²) in [5.74, 6) is -1.93. The molecule has 7 nitrogen and oxygen atoms in total. The van der Waals surface area contributed by atoms with Gasteiger partial charge in [0, 0.05) is 19.5 Å². The Morgan fingerprint density at radius 1 is 1.35 bits per heavy atom. The quantitative estimate of drug-likeness (QED) is 0.837. The number of nitrogens with one attached hydrogen (secondary N) is 1. The Morgan fingerprint density at radius 2 is 2.00 bits per heavy atom. The molecule has 0 aliphatic carbocycles. The maximum atomic E-state index is 12.6. The lowest BCUT2D eigenvalue weighted by Gasteiger charge is -2.41. The molecule has 1 atom stereocenters. The third kappa shape index (κ3) is 2.71. The number of aliphatic carboxylic acids is 1. The molecule has 1 aromatic rings. The van der Waals surface area contributed by atoms with Crippen LogP contribution in [-0.2, 0) is 9.59 Å². The summed E-state index contributed by atoms with van der Waals surface area (Å²) in [6, 6.07) is 0. The lowest BCUT2D eigenvalue weighted by atomic mass is 9.77. The monoisotopic (exact) mass is 337 g/mol. The number of hydrogen-bond acceptors (Lipinski definition) is 5. The standard InChI is InChI=1S/C15H19N3O4S/c1-8-12(23-9(2)16-8)13(20)18-5-3-15(4-6-18)10(14(21)22)7-11(19)17-15/h10H,3-7H2,1-2H3,(H,17,19)(H,21,22)/t10-/m0/s1. The maximum absolute atomic E-state index is 12.6. The zero-order valence-electron chi connectivity index (χ0n) is 13.1. The molecule has 0 bridgehead atoms. The van der Waals surface area contributed by atoms with Crippen LogP contribution in [0.25, 0.3) is 0 Å². The minimum atomic E-state index is -0.947. The minimum absolute atomic E-state index is 0.0242. The Morgan fingerprint density at radius 3 is 2.52 bits per heavy atom. The predicted molar refractivity (Wildman–Crippen MR) is 83.3 cm³/mol. The van der Waals surface area contributed by atoms with E-state index in [0.717, 1.165) is 10.7 Å². The fourth-order valence-corrected chi connectivity index (χ4v) is 4.46. The van der Waals surface area contributed by atoms with E-state index in [1.165, 1.54) is 11.3 Å². The number of carbonyl (C=O) groups excluding carboxylic acids is 2. The SMILES string of the molecule is Cc1nc(C)c(C(=O)N2CCC3(CC2)NC(=O)C[C@H]3C(=O)O)s1. The number of hydrogen-bond donors (Lipinski definition) is 2. The van der Waals surface area contributed by atoms with Gasteiger partial charge < -0.3 is 15.3 Å². The van der Waals surface area contributed by atoms with Gasteiger partial charge in [0.25, 0.3) is 5.91 Å². The lowest BCUT2D eigenvalue weighted by Crippen LogP contribution is -2.56. The van der Waals surface area contributed by atoms with E-state index in [4.69, 9.17) is 0 Å². The summed E-state index contributed by atoms with van der Waals surface area (Å²) in [6.07, 6.45) is 0.965. The van der Waals surface area contributed by atoms with Crippen molar-refractivity contribution < 1.29 is 19.5 Å². The highest BCUT2D eigenvalue weighted by Gasteiger charge is 2.52. The van der Waals surface area contributed by atoms with E-state index in [1.807, 2.05) is 13.8 Å². The Labute approximate surface area is 137 Å². The third-order valence-corrected chi connectivity index (χ3v) is 5.84. The lowest BCUT2D eigenvalue weighted by molar-refractivity contribution is -0.144. The number of carbonyl (C=O) groups is 3. The molecule has 2 aliphatic heterocycles. The molecule has 8 heteroatoms. The summed E-state index contributed by atoms with van der Waals surface area (Å²) in [5, 5.41) is 13.1. The molecule has 3 heterocycles. The molecule has 0 saturated carbocycles. The topological polar surface area (TPSA) is 99.6 Å². The summed E-state index contributed by atoms with van der Waals surface area (Å²) in [5.41, 5.74) is 0.0219. The van der Waals surface area contributed by atoms with Crippen molar-refractivity contribution in [1.29, 1.82) is 0 Å². The van der Waals surface area contributed by atoms with Gasteiger partial charge in [-0.2, -0.15) is 0 Å². The van der Waals surface area contributed by atoms with Gasteiger partial charge in [0.15, 0.2) is 0 Å². The number of thiazole rings is 1. The van der Waals surface area contributed by atoms with Gasteiger partial charge in [0.05, 0.1) is 22.2 Å². The minimum Gasteiger partial charge on any atom is -0.481 e. The Balaban J connectivity index is 1.73. The van der Waals surface area contributed by atoms with Crippen molar-refractivity contribution in [3.05, 3.63) is 15.6 Å². The van der Waals surface area contributed by atoms with Crippen molar-refractivity contribution >= 4 is 29.1 Å². The van der Waals surface area contributed by atoms with Crippen LogP contribution in [0.2, 0.25) is 0 Å². The van der Waals surface area contributed by atoms with Gasteiger partial charge in [-0.25, -0.2) is 4.98 Å². The average molecular weight is 337 g/mol. The molecule has 2 fully saturated rings. The van der Waals surface area contributed by atoms with Gasteiger partial charge in [-0.05, 0) is 26.7 Å². The van der Waals surface area contributed by atoms with Gasteiger partial charge in [-0.15, -0.1) is 11.3 Å². The van der Waals surface area contributed by atoms with Gasteiger partial charge >= 0.3 is 5.97 Å². The average Bonchev–Trinajstić information content (AvgIpc) is 2.99. The molecule has 3 rings (SSSR count). The molecule has 124 valence electrons. The Kier molecular flexibility index (Phi) is 3.87. The van der Waals surface area contributed by atoms with E-state index < -0.39 is 17.4 Å². The summed E-state index contributed by atoms with van der Waals surface area (Å²) in [6.45, 7) is 4.57. The summed E-state index contributed by atoms with van der Waals surface area (Å²) >= 11 is 1.38. The van der Waals surface area contributed by atoms with Crippen LogP contribution in [0.1, 0.15) is 39.6 Å². The van der Waals surface area contributed by atoms with E-state index in [9.17, 15) is 19.5 Å². The molecule has 1 aromatic heterocycles. The van der Waals surface area contributed by atoms with Gasteiger partial charge in [0.2, 0.25) is 5.91 Å². The van der Waals surface area contributed by atoms with Crippen molar-refractivity contribution in [3.8, 4) is 0 Å². The number of piperidine rings is 1. The van der Waals surface area contributed by atoms with Crippen LogP contribution in [0.4, 0.5) is 0 Å². The van der Waals surface area contributed by atoms with Gasteiger partial charge in [-0.1, -0.05) is 0 Å². The number of carboxylic acid groups (broad SMARTS) is 1. The fourth-order valence-electron chi connectivity index (χ4n) is 3.58. The smallest absolute Gasteiger partial charge is 0.309 e. The van der Waals surface area contributed by atoms with Crippen molar-refractivity contribution in [2.24, 2.45) is 5.92 Å². The number of amides is 2. The van der Waals surface area contributed by atoms with E-state index in [0.29, 0.717) is 30.8 Å². The molecule has 0 radical (unpaired) electrons. The van der Waals surface area contributed by atoms with E-state index >= 15 is 0 Å². The number of aromatic nitrogens is 1. The molecule has 2 amide bonds. The number of nitrogens with zero attached hydrogens (tertiary/aromatic N) is 2. The van der Waals surface area contributed by atoms with Crippen molar-refractivity contribution in [3.63, 3.8) is 0 Å². The molecule has 23 heavy (non-hydrogen) atoms. The largest absolute Gasteiger partial charge is 0.481 e. The van der Waals surface area contributed by atoms with E-state index in [2.05, 4.69) is 10.3 Å². The van der Waals surface area contributed by atoms with Crippen LogP contribution in [0, 0.1) is 19.8 Å². The highest BCUT2D eigenvalue weighted by atomic mass is 32.1. The molecule has 1 spiro atoms. The second-order valence-electron chi connectivity index (χ2n) is 6.24. The van der Waals surface area contributed by atoms with Crippen LogP contribution in [-0.4, -0.2) is 51.4 Å². The van der Waals surface area contributed by atoms with Crippen LogP contribution in [0.15, 0.2) is 0 Å². The normalized spacial score (nSPS) is 23.1. The van der Waals surface area contributed by atoms with Crippen LogP contribution < -0.4 is 5.32 Å². The molecule has 0 unspecified atom stereocenters. The number of carboxylic acids is 1. The number of likely N-dealkylation sites (tertiary alicyclic amines) is 1. The highest BCUT2D eigenvalue weighted by molar-refractivity contribution is 7.13. The predicted octanol–water partition coefficient (Wildman–Crippen LogP) is 0.955. The van der Waals surface area contributed by atoms with Crippen molar-refractivity contribution in [2.75, 3.05) is 13.1 Å². The van der Waals surface area contributed by atoms with Gasteiger partial charge in [-0.3, -0.25) is 14.4 Å².